The predicted octanol–water partition coefficient (Wildman–Crippen LogP) is 1.54. The molecule has 0 spiro atoms. The molecule has 3 N–H and O–H groups in total. The zero-order chi connectivity index (χ0) is 13.0. The number of carbonyl (C=O) groups excluding carboxylic acids is 1. The summed E-state index contributed by atoms with van der Waals surface area (Å²) in [5.74, 6) is 5.11. The number of piperidine rings is 1. The largest absolute Gasteiger partial charge is 0.298 e. The first-order valence-electron chi connectivity index (χ1n) is 6.17. The molecule has 4 nitrogen and oxygen atoms in total. The molecule has 1 amide bonds. The van der Waals surface area contributed by atoms with Crippen molar-refractivity contribution in [2.45, 2.75) is 19.4 Å². The van der Waals surface area contributed by atoms with Gasteiger partial charge in [-0.3, -0.25) is 15.1 Å². The van der Waals surface area contributed by atoms with Gasteiger partial charge in [0.2, 0.25) is 5.91 Å². The Bertz CT molecular complexity index is 424. The van der Waals surface area contributed by atoms with Gasteiger partial charge in [0, 0.05) is 18.1 Å². The first kappa shape index (κ1) is 13.3. The Kier molecular flexibility index (Phi) is 4.58. The number of hydrogen-bond donors (Lipinski definition) is 2. The van der Waals surface area contributed by atoms with Crippen LogP contribution in [0, 0.1) is 5.92 Å². The van der Waals surface area contributed by atoms with Crippen LogP contribution in [0.25, 0.3) is 0 Å². The van der Waals surface area contributed by atoms with Crippen molar-refractivity contribution in [3.63, 3.8) is 0 Å². The second-order valence-corrected chi connectivity index (χ2v) is 5.08. The van der Waals surface area contributed by atoms with Crippen LogP contribution in [-0.2, 0) is 11.3 Å². The van der Waals surface area contributed by atoms with E-state index < -0.39 is 0 Å². The molecule has 0 saturated carbocycles. The van der Waals surface area contributed by atoms with Gasteiger partial charge < -0.3 is 0 Å². The van der Waals surface area contributed by atoms with E-state index in [1.807, 2.05) is 24.3 Å². The van der Waals surface area contributed by atoms with Crippen LogP contribution in [0.3, 0.4) is 0 Å². The maximum Gasteiger partial charge on any atom is 0.238 e. The number of hydrogen-bond acceptors (Lipinski definition) is 3. The summed E-state index contributed by atoms with van der Waals surface area (Å²) in [4.78, 5) is 13.8. The van der Waals surface area contributed by atoms with Gasteiger partial charge in [-0.15, -0.1) is 0 Å². The minimum atomic E-state index is -0.0705. The van der Waals surface area contributed by atoms with E-state index in [4.69, 9.17) is 17.4 Å². The average molecular weight is 268 g/mol. The molecule has 0 bridgehead atoms. The first-order valence-corrected chi connectivity index (χ1v) is 6.54. The monoisotopic (exact) mass is 267 g/mol. The highest BCUT2D eigenvalue weighted by atomic mass is 35.5. The first-order chi connectivity index (χ1) is 8.70. The molecule has 98 valence electrons. The van der Waals surface area contributed by atoms with Crippen molar-refractivity contribution in [3.8, 4) is 0 Å². The number of rotatable bonds is 3. The van der Waals surface area contributed by atoms with E-state index in [0.29, 0.717) is 0 Å². The van der Waals surface area contributed by atoms with Gasteiger partial charge in [-0.1, -0.05) is 29.8 Å². The lowest BCUT2D eigenvalue weighted by Gasteiger charge is -2.31. The van der Waals surface area contributed by atoms with E-state index in [2.05, 4.69) is 10.3 Å². The van der Waals surface area contributed by atoms with Crippen molar-refractivity contribution in [1.82, 2.24) is 10.3 Å². The number of nitrogens with two attached hydrogens (primary N) is 1. The summed E-state index contributed by atoms with van der Waals surface area (Å²) in [7, 11) is 0. The Morgan fingerprint density at radius 1 is 1.50 bits per heavy atom. The third-order valence-corrected chi connectivity index (χ3v) is 3.74. The van der Waals surface area contributed by atoms with Crippen LogP contribution in [0.15, 0.2) is 24.3 Å². The molecule has 0 aliphatic carbocycles. The van der Waals surface area contributed by atoms with Crippen LogP contribution >= 0.6 is 11.6 Å². The van der Waals surface area contributed by atoms with E-state index in [1.54, 1.807) is 0 Å². The number of halogens is 1. The van der Waals surface area contributed by atoms with Gasteiger partial charge in [0.05, 0.1) is 5.92 Å². The maximum absolute atomic E-state index is 11.5. The highest BCUT2D eigenvalue weighted by molar-refractivity contribution is 6.31. The molecule has 1 heterocycles. The average Bonchev–Trinajstić information content (AvgIpc) is 2.41. The van der Waals surface area contributed by atoms with Crippen LogP contribution in [0.2, 0.25) is 5.02 Å². The highest BCUT2D eigenvalue weighted by Gasteiger charge is 2.25. The lowest BCUT2D eigenvalue weighted by Crippen LogP contribution is -2.44. The van der Waals surface area contributed by atoms with Gasteiger partial charge in [-0.2, -0.15) is 0 Å². The standard InChI is InChI=1S/C13H18ClN3O/c14-12-6-2-1-4-10(12)8-17-7-3-5-11(9-17)13(18)16-15/h1-2,4,6,11H,3,5,7-9,15H2,(H,16,18). The van der Waals surface area contributed by atoms with E-state index >= 15 is 0 Å². The molecule has 0 aromatic heterocycles. The molecule has 1 atom stereocenters. The minimum Gasteiger partial charge on any atom is -0.298 e. The topological polar surface area (TPSA) is 58.4 Å². The van der Waals surface area contributed by atoms with E-state index in [1.165, 1.54) is 0 Å². The van der Waals surface area contributed by atoms with Crippen molar-refractivity contribution in [2.24, 2.45) is 11.8 Å². The van der Waals surface area contributed by atoms with E-state index in [0.717, 1.165) is 43.1 Å². The van der Waals surface area contributed by atoms with Gasteiger partial charge in [0.25, 0.3) is 0 Å². The summed E-state index contributed by atoms with van der Waals surface area (Å²) in [5.41, 5.74) is 3.34. The normalized spacial score (nSPS) is 20.7. The Morgan fingerprint density at radius 2 is 2.28 bits per heavy atom. The van der Waals surface area contributed by atoms with Gasteiger partial charge in [-0.25, -0.2) is 5.84 Å². The summed E-state index contributed by atoms with van der Waals surface area (Å²) in [5, 5.41) is 0.780. The van der Waals surface area contributed by atoms with Gasteiger partial charge in [0.1, 0.15) is 0 Å². The van der Waals surface area contributed by atoms with Crippen molar-refractivity contribution in [1.29, 1.82) is 0 Å². The second-order valence-electron chi connectivity index (χ2n) is 4.67. The second kappa shape index (κ2) is 6.18. The fourth-order valence-corrected chi connectivity index (χ4v) is 2.59. The molecule has 1 aliphatic rings. The van der Waals surface area contributed by atoms with Gasteiger partial charge in [-0.05, 0) is 31.0 Å². The van der Waals surface area contributed by atoms with Crippen LogP contribution in [0.1, 0.15) is 18.4 Å². The zero-order valence-corrected chi connectivity index (χ0v) is 11.0. The molecule has 1 unspecified atom stereocenters. The van der Waals surface area contributed by atoms with Crippen LogP contribution in [-0.4, -0.2) is 23.9 Å². The van der Waals surface area contributed by atoms with E-state index in [-0.39, 0.29) is 11.8 Å². The highest BCUT2D eigenvalue weighted by Crippen LogP contribution is 2.22. The number of benzene rings is 1. The molecular weight excluding hydrogens is 250 g/mol. The number of likely N-dealkylation sites (tertiary alicyclic amines) is 1. The quantitative estimate of drug-likeness (QED) is 0.496. The van der Waals surface area contributed by atoms with Crippen LogP contribution in [0.4, 0.5) is 0 Å². The predicted molar refractivity (Wildman–Crippen MR) is 71.8 cm³/mol. The van der Waals surface area contributed by atoms with Crippen molar-refractivity contribution in [2.75, 3.05) is 13.1 Å². The molecule has 1 saturated heterocycles. The van der Waals surface area contributed by atoms with Crippen LogP contribution < -0.4 is 11.3 Å². The van der Waals surface area contributed by atoms with Crippen molar-refractivity contribution < 1.29 is 4.79 Å². The SMILES string of the molecule is NNC(=O)C1CCCN(Cc2ccccc2Cl)C1. The third-order valence-electron chi connectivity index (χ3n) is 3.37. The van der Waals surface area contributed by atoms with Crippen molar-refractivity contribution in [3.05, 3.63) is 34.9 Å². The Morgan fingerprint density at radius 3 is 3.00 bits per heavy atom. The summed E-state index contributed by atoms with van der Waals surface area (Å²) >= 11 is 6.14. The molecule has 2 rings (SSSR count). The van der Waals surface area contributed by atoms with Crippen molar-refractivity contribution >= 4 is 17.5 Å². The maximum atomic E-state index is 11.5. The smallest absolute Gasteiger partial charge is 0.238 e. The molecule has 1 aromatic rings. The zero-order valence-electron chi connectivity index (χ0n) is 10.2. The number of carbonyl (C=O) groups is 1. The number of nitrogens with zero attached hydrogens (tertiary/aromatic N) is 1. The summed E-state index contributed by atoms with van der Waals surface area (Å²) in [6, 6.07) is 7.82. The molecule has 0 radical (unpaired) electrons. The van der Waals surface area contributed by atoms with E-state index in [9.17, 15) is 4.79 Å². The third kappa shape index (κ3) is 3.22. The Hall–Kier alpha value is -1.10. The molecule has 1 aromatic carbocycles. The van der Waals surface area contributed by atoms with Gasteiger partial charge >= 0.3 is 0 Å². The summed E-state index contributed by atoms with van der Waals surface area (Å²) < 4.78 is 0. The molecule has 5 heteroatoms. The number of hydrazine groups is 1. The van der Waals surface area contributed by atoms with Gasteiger partial charge in [0.15, 0.2) is 0 Å². The lowest BCUT2D eigenvalue weighted by atomic mass is 9.97. The summed E-state index contributed by atoms with van der Waals surface area (Å²) in [6.45, 7) is 2.53. The lowest BCUT2D eigenvalue weighted by molar-refractivity contribution is -0.126. The molecule has 1 aliphatic heterocycles. The fourth-order valence-electron chi connectivity index (χ4n) is 2.40. The van der Waals surface area contributed by atoms with Crippen LogP contribution in [0.5, 0.6) is 0 Å². The summed E-state index contributed by atoms with van der Waals surface area (Å²) in [6.07, 6.45) is 1.92. The fraction of sp³-hybridized carbons (Fsp3) is 0.462. The minimum absolute atomic E-state index is 0.00811. The number of nitrogens with one attached hydrogen (secondary N) is 1. The molecule has 18 heavy (non-hydrogen) atoms. The molecular formula is C13H18ClN3O. The Balaban J connectivity index is 1.98. The number of amides is 1. The Labute approximate surface area is 112 Å². The molecule has 1 fully saturated rings.